The first-order chi connectivity index (χ1) is 14.0. The second kappa shape index (κ2) is 7.00. The van der Waals surface area contributed by atoms with E-state index in [9.17, 15) is 0 Å². The second-order valence-corrected chi connectivity index (χ2v) is 20.6. The molecular weight excluding hydrogens is 396 g/mol. The molecule has 4 rings (SSSR count). The van der Waals surface area contributed by atoms with Crippen LogP contribution in [0, 0.1) is 0 Å². The minimum Gasteiger partial charge on any atom is -0.398 e. The number of anilines is 2. The van der Waals surface area contributed by atoms with Crippen LogP contribution in [-0.4, -0.2) is 16.1 Å². The predicted octanol–water partition coefficient (Wildman–Crippen LogP) is 5.91. The third-order valence-corrected chi connectivity index (χ3v) is 10.2. The van der Waals surface area contributed by atoms with Crippen molar-refractivity contribution in [1.82, 2.24) is 0 Å². The van der Waals surface area contributed by atoms with Crippen LogP contribution in [0.4, 0.5) is 11.4 Å². The molecule has 0 atom stereocenters. The maximum absolute atomic E-state index is 6.56. The van der Waals surface area contributed by atoms with E-state index in [2.05, 4.69) is 87.8 Å². The smallest absolute Gasteiger partial charge is 0.0776 e. The van der Waals surface area contributed by atoms with Crippen molar-refractivity contribution in [3.63, 3.8) is 0 Å². The molecule has 0 amide bonds. The van der Waals surface area contributed by atoms with Crippen molar-refractivity contribution in [2.75, 3.05) is 11.5 Å². The highest BCUT2D eigenvalue weighted by molar-refractivity contribution is 6.89. The molecular formula is C26H32N2Si2. The summed E-state index contributed by atoms with van der Waals surface area (Å²) in [5, 5.41) is 7.72. The van der Waals surface area contributed by atoms with Crippen LogP contribution in [-0.2, 0) is 0 Å². The lowest BCUT2D eigenvalue weighted by Crippen LogP contribution is -2.37. The minimum absolute atomic E-state index is 0.775. The summed E-state index contributed by atoms with van der Waals surface area (Å²) in [7, 11) is -2.78. The van der Waals surface area contributed by atoms with Crippen LogP contribution in [0.25, 0.3) is 32.7 Å². The Hall–Kier alpha value is -2.57. The molecule has 0 bridgehead atoms. The fraction of sp³-hybridized carbons (Fsp3) is 0.231. The fourth-order valence-electron chi connectivity index (χ4n) is 4.18. The van der Waals surface area contributed by atoms with Crippen molar-refractivity contribution in [3.8, 4) is 11.1 Å². The first kappa shape index (κ1) is 20.7. The van der Waals surface area contributed by atoms with Crippen LogP contribution >= 0.6 is 0 Å². The van der Waals surface area contributed by atoms with Gasteiger partial charge in [-0.3, -0.25) is 0 Å². The zero-order valence-corrected chi connectivity index (χ0v) is 20.9. The second-order valence-electron chi connectivity index (χ2n) is 10.4. The lowest BCUT2D eigenvalue weighted by Gasteiger charge is -2.21. The molecule has 4 aromatic rings. The molecule has 4 N–H and O–H groups in total. The van der Waals surface area contributed by atoms with Crippen molar-refractivity contribution < 1.29 is 0 Å². The van der Waals surface area contributed by atoms with Crippen LogP contribution in [0.2, 0.25) is 39.3 Å². The van der Waals surface area contributed by atoms with E-state index in [4.69, 9.17) is 11.5 Å². The van der Waals surface area contributed by atoms with E-state index in [0.717, 1.165) is 22.5 Å². The summed E-state index contributed by atoms with van der Waals surface area (Å²) in [5.41, 5.74) is 16.8. The standard InChI is InChI=1S/C26H32N2Si2/c1-29(2,3)19-9-11-21-17(15-19)7-13-23(27)25(21)26-22-12-10-20(30(4,5)6)16-18(22)8-14-24(26)28/h7-16H,27-28H2,1-6H3. The van der Waals surface area contributed by atoms with Crippen molar-refractivity contribution in [2.24, 2.45) is 0 Å². The number of fused-ring (bicyclic) bond motifs is 2. The van der Waals surface area contributed by atoms with Gasteiger partial charge in [0.15, 0.2) is 0 Å². The van der Waals surface area contributed by atoms with Gasteiger partial charge in [-0.25, -0.2) is 0 Å². The van der Waals surface area contributed by atoms with Gasteiger partial charge in [0.2, 0.25) is 0 Å². The summed E-state index contributed by atoms with van der Waals surface area (Å²) < 4.78 is 0. The van der Waals surface area contributed by atoms with Crippen molar-refractivity contribution in [1.29, 1.82) is 0 Å². The molecule has 0 unspecified atom stereocenters. The fourth-order valence-corrected chi connectivity index (χ4v) is 6.53. The first-order valence-corrected chi connectivity index (χ1v) is 17.6. The Morgan fingerprint density at radius 2 is 0.867 bits per heavy atom. The van der Waals surface area contributed by atoms with Crippen LogP contribution in [0.3, 0.4) is 0 Å². The summed E-state index contributed by atoms with van der Waals surface area (Å²) in [4.78, 5) is 0. The van der Waals surface area contributed by atoms with E-state index >= 15 is 0 Å². The molecule has 30 heavy (non-hydrogen) atoms. The molecule has 0 saturated heterocycles. The van der Waals surface area contributed by atoms with Gasteiger partial charge >= 0.3 is 0 Å². The molecule has 0 radical (unpaired) electrons. The number of rotatable bonds is 3. The first-order valence-electron chi connectivity index (χ1n) is 10.6. The van der Waals surface area contributed by atoms with E-state index in [1.807, 2.05) is 12.1 Å². The zero-order valence-electron chi connectivity index (χ0n) is 18.9. The molecule has 0 aliphatic carbocycles. The Kier molecular flexibility index (Phi) is 4.83. The lowest BCUT2D eigenvalue weighted by molar-refractivity contribution is 1.65. The van der Waals surface area contributed by atoms with Gasteiger partial charge in [0.05, 0.1) is 16.1 Å². The molecule has 0 aliphatic heterocycles. The van der Waals surface area contributed by atoms with Gasteiger partial charge in [0, 0.05) is 22.5 Å². The van der Waals surface area contributed by atoms with Crippen molar-refractivity contribution in [2.45, 2.75) is 39.3 Å². The highest BCUT2D eigenvalue weighted by Crippen LogP contribution is 2.41. The molecule has 2 nitrogen and oxygen atoms in total. The molecule has 0 heterocycles. The number of hydrogen-bond donors (Lipinski definition) is 2. The monoisotopic (exact) mass is 428 g/mol. The van der Waals surface area contributed by atoms with E-state index in [1.54, 1.807) is 0 Å². The van der Waals surface area contributed by atoms with E-state index in [-0.39, 0.29) is 0 Å². The van der Waals surface area contributed by atoms with Gasteiger partial charge in [0.1, 0.15) is 0 Å². The van der Waals surface area contributed by atoms with E-state index in [1.165, 1.54) is 31.9 Å². The topological polar surface area (TPSA) is 52.0 Å². The van der Waals surface area contributed by atoms with Gasteiger partial charge in [-0.1, -0.05) is 98.2 Å². The molecule has 0 aliphatic rings. The number of nitrogens with two attached hydrogens (primary N) is 2. The van der Waals surface area contributed by atoms with Gasteiger partial charge in [-0.2, -0.15) is 0 Å². The Morgan fingerprint density at radius 3 is 1.20 bits per heavy atom. The molecule has 0 spiro atoms. The molecule has 0 saturated carbocycles. The summed E-state index contributed by atoms with van der Waals surface area (Å²) in [5.74, 6) is 0. The lowest BCUT2D eigenvalue weighted by atomic mass is 9.91. The quantitative estimate of drug-likeness (QED) is 0.314. The molecule has 4 heteroatoms. The van der Waals surface area contributed by atoms with Crippen LogP contribution in [0.1, 0.15) is 0 Å². The third-order valence-electron chi connectivity index (χ3n) is 6.09. The number of hydrogen-bond acceptors (Lipinski definition) is 2. The summed E-state index contributed by atoms with van der Waals surface area (Å²) in [6.07, 6.45) is 0. The Bertz CT molecular complexity index is 1180. The summed E-state index contributed by atoms with van der Waals surface area (Å²) in [6.45, 7) is 14.3. The number of nitrogen functional groups attached to an aromatic ring is 2. The Morgan fingerprint density at radius 1 is 0.500 bits per heavy atom. The molecule has 0 aromatic heterocycles. The molecule has 0 fully saturated rings. The normalized spacial score (nSPS) is 12.6. The summed E-state index contributed by atoms with van der Waals surface area (Å²) >= 11 is 0. The minimum atomic E-state index is -1.39. The maximum Gasteiger partial charge on any atom is 0.0776 e. The largest absolute Gasteiger partial charge is 0.398 e. The van der Waals surface area contributed by atoms with Crippen molar-refractivity contribution in [3.05, 3.63) is 60.7 Å². The van der Waals surface area contributed by atoms with Crippen LogP contribution < -0.4 is 21.8 Å². The zero-order chi connectivity index (χ0) is 21.8. The maximum atomic E-state index is 6.56. The highest BCUT2D eigenvalue weighted by Gasteiger charge is 2.21. The average molecular weight is 429 g/mol. The SMILES string of the molecule is C[Si](C)(C)c1ccc2c(-c3c(N)ccc4cc([Si](C)(C)C)ccc34)c(N)ccc2c1. The number of benzene rings is 4. The molecule has 4 aromatic carbocycles. The van der Waals surface area contributed by atoms with Crippen LogP contribution in [0.15, 0.2) is 60.7 Å². The average Bonchev–Trinajstić information content (AvgIpc) is 2.66. The van der Waals surface area contributed by atoms with Crippen LogP contribution in [0.5, 0.6) is 0 Å². The Balaban J connectivity index is 2.04. The highest BCUT2D eigenvalue weighted by atomic mass is 28.3. The van der Waals surface area contributed by atoms with Gasteiger partial charge < -0.3 is 11.5 Å². The van der Waals surface area contributed by atoms with Crippen molar-refractivity contribution >= 4 is 59.4 Å². The Labute approximate surface area is 181 Å². The van der Waals surface area contributed by atoms with E-state index < -0.39 is 16.1 Å². The molecule has 154 valence electrons. The third kappa shape index (κ3) is 3.55. The van der Waals surface area contributed by atoms with Gasteiger partial charge in [0.25, 0.3) is 0 Å². The predicted molar refractivity (Wildman–Crippen MR) is 142 cm³/mol. The van der Waals surface area contributed by atoms with E-state index in [0.29, 0.717) is 0 Å². The van der Waals surface area contributed by atoms with Gasteiger partial charge in [-0.05, 0) is 33.7 Å². The van der Waals surface area contributed by atoms with Gasteiger partial charge in [-0.15, -0.1) is 0 Å². The summed E-state index contributed by atoms with van der Waals surface area (Å²) in [6, 6.07) is 22.1.